The molecule has 1 atom stereocenters. The molecule has 5 heteroatoms. The van der Waals surface area contributed by atoms with Crippen molar-refractivity contribution in [2.45, 2.75) is 38.6 Å². The van der Waals surface area contributed by atoms with Gasteiger partial charge in [0, 0.05) is 6.42 Å². The zero-order chi connectivity index (χ0) is 22.9. The van der Waals surface area contributed by atoms with Gasteiger partial charge in [-0.05, 0) is 40.8 Å². The van der Waals surface area contributed by atoms with E-state index in [0.717, 1.165) is 16.0 Å². The first-order valence-corrected chi connectivity index (χ1v) is 10.6. The van der Waals surface area contributed by atoms with Gasteiger partial charge in [0.2, 0.25) is 0 Å². The zero-order valence-corrected chi connectivity index (χ0v) is 18.4. The van der Waals surface area contributed by atoms with Crippen LogP contribution in [0.5, 0.6) is 5.75 Å². The molecule has 0 radical (unpaired) electrons. The molecule has 0 unspecified atom stereocenters. The number of imide groups is 1. The Labute approximate surface area is 187 Å². The Morgan fingerprint density at radius 3 is 1.88 bits per heavy atom. The van der Waals surface area contributed by atoms with E-state index in [1.54, 1.807) is 36.4 Å². The lowest BCUT2D eigenvalue weighted by molar-refractivity contribution is -0.138. The van der Waals surface area contributed by atoms with Gasteiger partial charge in [-0.2, -0.15) is 0 Å². The maximum absolute atomic E-state index is 13.3. The van der Waals surface area contributed by atoms with E-state index >= 15 is 0 Å². The molecule has 0 aliphatic carbocycles. The van der Waals surface area contributed by atoms with Crippen molar-refractivity contribution < 1.29 is 19.1 Å². The number of hydrogen-bond donors (Lipinski definition) is 0. The highest BCUT2D eigenvalue weighted by atomic mass is 16.5. The molecule has 0 aromatic heterocycles. The summed E-state index contributed by atoms with van der Waals surface area (Å²) in [6.45, 7) is 6.31. The standard InChI is InChI=1S/C27H25NO4/c1-27(2,3)19-13-15-20(16-14-19)32-26(31)23(17-18-9-5-4-6-10-18)28-24(29)21-11-7-8-12-22(21)25(28)30/h4-16,23H,17H2,1-3H3/t23-/m1/s1. The maximum Gasteiger partial charge on any atom is 0.335 e. The van der Waals surface area contributed by atoms with Gasteiger partial charge in [0.05, 0.1) is 11.1 Å². The number of esters is 1. The van der Waals surface area contributed by atoms with Crippen molar-refractivity contribution in [1.29, 1.82) is 0 Å². The molecule has 32 heavy (non-hydrogen) atoms. The van der Waals surface area contributed by atoms with Crippen LogP contribution in [0.3, 0.4) is 0 Å². The topological polar surface area (TPSA) is 63.7 Å². The van der Waals surface area contributed by atoms with Crippen molar-refractivity contribution in [2.75, 3.05) is 0 Å². The summed E-state index contributed by atoms with van der Waals surface area (Å²) >= 11 is 0. The molecule has 0 spiro atoms. The highest BCUT2D eigenvalue weighted by Crippen LogP contribution is 2.28. The first-order valence-electron chi connectivity index (χ1n) is 10.6. The fraction of sp³-hybridized carbons (Fsp3) is 0.222. The van der Waals surface area contributed by atoms with Gasteiger partial charge in [-0.15, -0.1) is 0 Å². The van der Waals surface area contributed by atoms with Crippen LogP contribution in [0.2, 0.25) is 0 Å². The van der Waals surface area contributed by atoms with E-state index in [-0.39, 0.29) is 11.8 Å². The highest BCUT2D eigenvalue weighted by Gasteiger charge is 2.43. The number of ether oxygens (including phenoxy) is 1. The Balaban J connectivity index is 1.63. The molecule has 0 fully saturated rings. The quantitative estimate of drug-likeness (QED) is 0.333. The number of hydrogen-bond acceptors (Lipinski definition) is 4. The maximum atomic E-state index is 13.3. The number of benzene rings is 3. The van der Waals surface area contributed by atoms with Gasteiger partial charge in [-0.3, -0.25) is 14.5 Å². The van der Waals surface area contributed by atoms with Crippen molar-refractivity contribution in [3.05, 3.63) is 101 Å². The largest absolute Gasteiger partial charge is 0.425 e. The minimum Gasteiger partial charge on any atom is -0.425 e. The summed E-state index contributed by atoms with van der Waals surface area (Å²) in [5.74, 6) is -1.23. The van der Waals surface area contributed by atoms with Crippen molar-refractivity contribution in [2.24, 2.45) is 0 Å². The van der Waals surface area contributed by atoms with Gasteiger partial charge in [0.15, 0.2) is 0 Å². The number of amides is 2. The Kier molecular flexibility index (Phi) is 5.66. The van der Waals surface area contributed by atoms with Crippen LogP contribution in [-0.2, 0) is 16.6 Å². The molecule has 0 bridgehead atoms. The molecular formula is C27H25NO4. The van der Waals surface area contributed by atoms with Gasteiger partial charge in [-0.1, -0.05) is 75.4 Å². The minimum atomic E-state index is -1.08. The molecule has 162 valence electrons. The number of nitrogens with zero attached hydrogens (tertiary/aromatic N) is 1. The second-order valence-corrected chi connectivity index (χ2v) is 8.93. The normalized spacial score (nSPS) is 14.3. The van der Waals surface area contributed by atoms with Gasteiger partial charge < -0.3 is 4.74 Å². The second-order valence-electron chi connectivity index (χ2n) is 8.93. The SMILES string of the molecule is CC(C)(C)c1ccc(OC(=O)[C@@H](Cc2ccccc2)N2C(=O)c3ccccc3C2=O)cc1. The number of fused-ring (bicyclic) bond motifs is 1. The van der Waals surface area contributed by atoms with Crippen LogP contribution in [-0.4, -0.2) is 28.7 Å². The summed E-state index contributed by atoms with van der Waals surface area (Å²) in [7, 11) is 0. The van der Waals surface area contributed by atoms with Gasteiger partial charge in [0.25, 0.3) is 11.8 Å². The third-order valence-electron chi connectivity index (χ3n) is 5.62. The molecule has 3 aromatic rings. The predicted octanol–water partition coefficient (Wildman–Crippen LogP) is 4.80. The molecule has 0 N–H and O–H groups in total. The fourth-order valence-corrected chi connectivity index (χ4v) is 3.82. The molecule has 1 heterocycles. The van der Waals surface area contributed by atoms with Crippen LogP contribution in [0.25, 0.3) is 0 Å². The van der Waals surface area contributed by atoms with Crippen LogP contribution in [0.1, 0.15) is 52.6 Å². The third kappa shape index (κ3) is 4.19. The average Bonchev–Trinajstić information content (AvgIpc) is 3.03. The molecule has 4 rings (SSSR count). The van der Waals surface area contributed by atoms with E-state index in [2.05, 4.69) is 20.8 Å². The van der Waals surface area contributed by atoms with Crippen LogP contribution in [0.4, 0.5) is 0 Å². The third-order valence-corrected chi connectivity index (χ3v) is 5.62. The lowest BCUT2D eigenvalue weighted by atomic mass is 9.87. The Morgan fingerprint density at radius 1 is 0.812 bits per heavy atom. The first kappa shape index (κ1) is 21.5. The summed E-state index contributed by atoms with van der Waals surface area (Å²) < 4.78 is 5.64. The van der Waals surface area contributed by atoms with Gasteiger partial charge in [0.1, 0.15) is 11.8 Å². The van der Waals surface area contributed by atoms with E-state index in [1.165, 1.54) is 0 Å². The van der Waals surface area contributed by atoms with Gasteiger partial charge >= 0.3 is 5.97 Å². The Morgan fingerprint density at radius 2 is 1.34 bits per heavy atom. The molecular weight excluding hydrogens is 402 g/mol. The smallest absolute Gasteiger partial charge is 0.335 e. The molecule has 0 saturated heterocycles. The summed E-state index contributed by atoms with van der Waals surface area (Å²) in [5.41, 5.74) is 2.52. The van der Waals surface area contributed by atoms with E-state index in [9.17, 15) is 14.4 Å². The minimum absolute atomic E-state index is 0.0292. The first-order chi connectivity index (χ1) is 15.3. The fourth-order valence-electron chi connectivity index (χ4n) is 3.82. The lowest BCUT2D eigenvalue weighted by Crippen LogP contribution is -2.48. The second kappa shape index (κ2) is 8.42. The van der Waals surface area contributed by atoms with Crippen molar-refractivity contribution in [1.82, 2.24) is 4.90 Å². The molecule has 2 amide bonds. The molecule has 0 saturated carbocycles. The van der Waals surface area contributed by atoms with Crippen molar-refractivity contribution in [3.8, 4) is 5.75 Å². The van der Waals surface area contributed by atoms with E-state index in [1.807, 2.05) is 42.5 Å². The van der Waals surface area contributed by atoms with Crippen LogP contribution >= 0.6 is 0 Å². The Bertz CT molecular complexity index is 1130. The molecule has 1 aliphatic heterocycles. The summed E-state index contributed by atoms with van der Waals surface area (Å²) in [6.07, 6.45) is 0.172. The van der Waals surface area contributed by atoms with E-state index in [4.69, 9.17) is 4.74 Å². The number of carbonyl (C=O) groups excluding carboxylic acids is 3. The average molecular weight is 428 g/mol. The summed E-state index contributed by atoms with van der Waals surface area (Å²) in [5, 5.41) is 0. The number of carbonyl (C=O) groups is 3. The van der Waals surface area contributed by atoms with Crippen LogP contribution in [0.15, 0.2) is 78.9 Å². The van der Waals surface area contributed by atoms with E-state index in [0.29, 0.717) is 16.9 Å². The Hall–Kier alpha value is -3.73. The van der Waals surface area contributed by atoms with Crippen molar-refractivity contribution in [3.63, 3.8) is 0 Å². The van der Waals surface area contributed by atoms with Crippen LogP contribution in [0, 0.1) is 0 Å². The van der Waals surface area contributed by atoms with Gasteiger partial charge in [-0.25, -0.2) is 4.79 Å². The summed E-state index contributed by atoms with van der Waals surface area (Å²) in [4.78, 5) is 40.4. The molecule has 5 nitrogen and oxygen atoms in total. The lowest BCUT2D eigenvalue weighted by Gasteiger charge is -2.25. The van der Waals surface area contributed by atoms with Crippen LogP contribution < -0.4 is 4.74 Å². The van der Waals surface area contributed by atoms with Crippen molar-refractivity contribution >= 4 is 17.8 Å². The zero-order valence-electron chi connectivity index (χ0n) is 18.4. The number of rotatable bonds is 5. The van der Waals surface area contributed by atoms with E-state index < -0.39 is 23.8 Å². The highest BCUT2D eigenvalue weighted by molar-refractivity contribution is 6.22. The molecule has 1 aliphatic rings. The molecule has 3 aromatic carbocycles. The monoisotopic (exact) mass is 427 g/mol. The predicted molar refractivity (Wildman–Crippen MR) is 122 cm³/mol. The summed E-state index contributed by atoms with van der Waals surface area (Å²) in [6, 6.07) is 22.1.